The van der Waals surface area contributed by atoms with E-state index >= 15 is 0 Å². The molecule has 1 unspecified atom stereocenters. The van der Waals surface area contributed by atoms with Crippen molar-refractivity contribution in [3.8, 4) is 0 Å². The summed E-state index contributed by atoms with van der Waals surface area (Å²) in [5, 5.41) is 17.1. The van der Waals surface area contributed by atoms with Crippen LogP contribution in [0.1, 0.15) is 44.4 Å². The summed E-state index contributed by atoms with van der Waals surface area (Å²) >= 11 is 1.52. The van der Waals surface area contributed by atoms with Gasteiger partial charge in [-0.15, -0.1) is 11.3 Å². The predicted molar refractivity (Wildman–Crippen MR) is 99.1 cm³/mol. The molecule has 0 radical (unpaired) electrons. The minimum absolute atomic E-state index is 0.0503. The highest BCUT2D eigenvalue weighted by Gasteiger charge is 2.24. The van der Waals surface area contributed by atoms with Crippen molar-refractivity contribution in [2.45, 2.75) is 44.0 Å². The maximum Gasteiger partial charge on any atom is 0.288 e. The van der Waals surface area contributed by atoms with Gasteiger partial charge in [0.2, 0.25) is 0 Å². The van der Waals surface area contributed by atoms with E-state index in [0.29, 0.717) is 5.69 Å². The maximum atomic E-state index is 11.8. The van der Waals surface area contributed by atoms with E-state index in [1.165, 1.54) is 29.5 Å². The minimum Gasteiger partial charge on any atom is -0.376 e. The van der Waals surface area contributed by atoms with Gasteiger partial charge in [-0.05, 0) is 19.1 Å². The number of sulfone groups is 1. The number of nitrogens with zero attached hydrogens (tertiary/aromatic N) is 2. The van der Waals surface area contributed by atoms with Crippen LogP contribution in [0.3, 0.4) is 0 Å². The Hall–Kier alpha value is -2.00. The molecule has 1 aromatic carbocycles. The molecule has 7 nitrogen and oxygen atoms in total. The Morgan fingerprint density at radius 1 is 1.32 bits per heavy atom. The second-order valence-corrected chi connectivity index (χ2v) is 9.77. The van der Waals surface area contributed by atoms with Crippen LogP contribution < -0.4 is 5.32 Å². The van der Waals surface area contributed by atoms with Crippen molar-refractivity contribution < 1.29 is 13.3 Å². The number of nitro groups is 1. The number of aromatic nitrogens is 1. The summed E-state index contributed by atoms with van der Waals surface area (Å²) in [7, 11) is -3.71. The Bertz CT molecular complexity index is 898. The van der Waals surface area contributed by atoms with Crippen molar-refractivity contribution in [3.63, 3.8) is 0 Å². The third-order valence-electron chi connectivity index (χ3n) is 3.60. The van der Waals surface area contributed by atoms with Crippen LogP contribution in [0.5, 0.6) is 0 Å². The zero-order valence-corrected chi connectivity index (χ0v) is 16.4. The summed E-state index contributed by atoms with van der Waals surface area (Å²) < 4.78 is 23.7. The van der Waals surface area contributed by atoms with E-state index in [4.69, 9.17) is 0 Å². The lowest BCUT2D eigenvalue weighted by Gasteiger charge is -2.16. The van der Waals surface area contributed by atoms with Gasteiger partial charge in [0.25, 0.3) is 5.69 Å². The molecule has 1 aromatic heterocycles. The van der Waals surface area contributed by atoms with Gasteiger partial charge in [0.1, 0.15) is 9.90 Å². The van der Waals surface area contributed by atoms with E-state index in [2.05, 4.69) is 31.1 Å². The molecule has 1 atom stereocenters. The number of rotatable bonds is 5. The van der Waals surface area contributed by atoms with Crippen LogP contribution in [0.4, 0.5) is 11.4 Å². The number of anilines is 1. The fourth-order valence-corrected chi connectivity index (χ4v) is 4.11. The third-order valence-corrected chi connectivity index (χ3v) is 5.75. The molecule has 0 aliphatic heterocycles. The number of hydrogen-bond donors (Lipinski definition) is 1. The Labute approximate surface area is 151 Å². The Balaban J connectivity index is 2.31. The molecular formula is C16H21N3O4S2. The second-order valence-electron chi connectivity index (χ2n) is 6.90. The summed E-state index contributed by atoms with van der Waals surface area (Å²) in [5.41, 5.74) is 1.00. The SMILES string of the molecule is CC(Nc1ccc([N+](=O)[O-])c(S(C)(=O)=O)c1)c1nc(C(C)(C)C)cs1. The van der Waals surface area contributed by atoms with Crippen LogP contribution in [-0.2, 0) is 15.3 Å². The molecule has 0 saturated heterocycles. The van der Waals surface area contributed by atoms with E-state index in [9.17, 15) is 18.5 Å². The molecule has 25 heavy (non-hydrogen) atoms. The molecule has 1 N–H and O–H groups in total. The van der Waals surface area contributed by atoms with E-state index in [1.54, 1.807) is 0 Å². The molecule has 9 heteroatoms. The van der Waals surface area contributed by atoms with E-state index < -0.39 is 20.4 Å². The number of thiazole rings is 1. The summed E-state index contributed by atoms with van der Waals surface area (Å²) in [4.78, 5) is 14.7. The van der Waals surface area contributed by atoms with Gasteiger partial charge in [-0.2, -0.15) is 0 Å². The zero-order valence-electron chi connectivity index (χ0n) is 14.7. The van der Waals surface area contributed by atoms with Gasteiger partial charge in [0.15, 0.2) is 9.84 Å². The van der Waals surface area contributed by atoms with E-state index in [1.807, 2.05) is 12.3 Å². The second kappa shape index (κ2) is 6.72. The van der Waals surface area contributed by atoms with Crippen molar-refractivity contribution in [1.82, 2.24) is 4.98 Å². The number of nitro benzene ring substituents is 1. The smallest absolute Gasteiger partial charge is 0.288 e. The molecule has 0 aliphatic carbocycles. The molecule has 0 saturated carbocycles. The van der Waals surface area contributed by atoms with Crippen LogP contribution in [0.15, 0.2) is 28.5 Å². The van der Waals surface area contributed by atoms with E-state index in [0.717, 1.165) is 17.0 Å². The highest BCUT2D eigenvalue weighted by Crippen LogP contribution is 2.31. The fourth-order valence-electron chi connectivity index (χ4n) is 2.19. The van der Waals surface area contributed by atoms with E-state index in [-0.39, 0.29) is 16.4 Å². The first-order chi connectivity index (χ1) is 11.4. The number of nitrogens with one attached hydrogen (secondary N) is 1. The minimum atomic E-state index is -3.71. The maximum absolute atomic E-state index is 11.8. The van der Waals surface area contributed by atoms with Crippen molar-refractivity contribution in [1.29, 1.82) is 0 Å². The molecule has 136 valence electrons. The summed E-state index contributed by atoms with van der Waals surface area (Å²) in [6, 6.07) is 3.84. The Morgan fingerprint density at radius 2 is 1.96 bits per heavy atom. The van der Waals surface area contributed by atoms with Gasteiger partial charge in [-0.25, -0.2) is 13.4 Å². The predicted octanol–water partition coefficient (Wildman–Crippen LogP) is 3.93. The van der Waals surface area contributed by atoms with Gasteiger partial charge >= 0.3 is 0 Å². The first-order valence-corrected chi connectivity index (χ1v) is 10.4. The quantitative estimate of drug-likeness (QED) is 0.620. The highest BCUT2D eigenvalue weighted by molar-refractivity contribution is 7.90. The standard InChI is InChI=1S/C16H21N3O4S2/c1-10(15-18-14(9-24-15)16(2,3)4)17-11-6-7-12(19(20)21)13(8-11)25(5,22)23/h6-10,17H,1-5H3. The molecule has 0 aliphatic rings. The Kier molecular flexibility index (Phi) is 5.19. The lowest BCUT2D eigenvalue weighted by Crippen LogP contribution is -2.13. The molecule has 0 spiro atoms. The topological polar surface area (TPSA) is 102 Å². The van der Waals surface area contributed by atoms with Crippen LogP contribution in [0.25, 0.3) is 0 Å². The van der Waals surface area contributed by atoms with Gasteiger partial charge in [-0.3, -0.25) is 10.1 Å². The van der Waals surface area contributed by atoms with Gasteiger partial charge in [0.05, 0.1) is 16.7 Å². The van der Waals surface area contributed by atoms with Crippen molar-refractivity contribution in [3.05, 3.63) is 44.4 Å². The average Bonchev–Trinajstić information content (AvgIpc) is 2.96. The average molecular weight is 383 g/mol. The number of benzene rings is 1. The monoisotopic (exact) mass is 383 g/mol. The number of hydrogen-bond acceptors (Lipinski definition) is 7. The lowest BCUT2D eigenvalue weighted by molar-refractivity contribution is -0.387. The van der Waals surface area contributed by atoms with Crippen molar-refractivity contribution in [2.24, 2.45) is 0 Å². The normalized spacial score (nSPS) is 13.5. The molecular weight excluding hydrogens is 362 g/mol. The Morgan fingerprint density at radius 3 is 2.44 bits per heavy atom. The summed E-state index contributed by atoms with van der Waals surface area (Å²) in [6.45, 7) is 8.16. The fraction of sp³-hybridized carbons (Fsp3) is 0.438. The first kappa shape index (κ1) is 19.3. The molecule has 1 heterocycles. The lowest BCUT2D eigenvalue weighted by atomic mass is 9.93. The van der Waals surface area contributed by atoms with Crippen molar-refractivity contribution in [2.75, 3.05) is 11.6 Å². The van der Waals surface area contributed by atoms with Gasteiger partial charge < -0.3 is 5.32 Å². The van der Waals surface area contributed by atoms with Gasteiger partial charge in [-0.1, -0.05) is 20.8 Å². The third kappa shape index (κ3) is 4.55. The summed E-state index contributed by atoms with van der Waals surface area (Å²) in [5.74, 6) is 0. The van der Waals surface area contributed by atoms with Crippen LogP contribution in [0, 0.1) is 10.1 Å². The molecule has 0 amide bonds. The molecule has 0 fully saturated rings. The highest BCUT2D eigenvalue weighted by atomic mass is 32.2. The first-order valence-electron chi connectivity index (χ1n) is 7.60. The zero-order chi connectivity index (χ0) is 19.0. The van der Waals surface area contributed by atoms with Gasteiger partial charge in [0, 0.05) is 28.8 Å². The van der Waals surface area contributed by atoms with Crippen LogP contribution in [0.2, 0.25) is 0 Å². The van der Waals surface area contributed by atoms with Crippen molar-refractivity contribution >= 4 is 32.5 Å². The largest absolute Gasteiger partial charge is 0.376 e. The van der Waals surface area contributed by atoms with Crippen LogP contribution in [-0.4, -0.2) is 24.6 Å². The summed E-state index contributed by atoms with van der Waals surface area (Å²) in [6.07, 6.45) is 0.957. The molecule has 2 rings (SSSR count). The molecule has 0 bridgehead atoms. The molecule has 2 aromatic rings. The van der Waals surface area contributed by atoms with Crippen LogP contribution >= 0.6 is 11.3 Å².